The van der Waals surface area contributed by atoms with Gasteiger partial charge in [-0.1, -0.05) is 18.2 Å². The molecule has 0 bridgehead atoms. The SMILES string of the molecule is C=C(C)CC(=O)c1c(F)cccc1Br. The summed E-state index contributed by atoms with van der Waals surface area (Å²) in [4.78, 5) is 11.6. The zero-order valence-electron chi connectivity index (χ0n) is 7.81. The number of rotatable bonds is 3. The van der Waals surface area contributed by atoms with E-state index < -0.39 is 5.82 Å². The van der Waals surface area contributed by atoms with Crippen molar-refractivity contribution in [1.29, 1.82) is 0 Å². The van der Waals surface area contributed by atoms with E-state index in [4.69, 9.17) is 0 Å². The van der Waals surface area contributed by atoms with Gasteiger partial charge in [0.1, 0.15) is 5.82 Å². The fourth-order valence-corrected chi connectivity index (χ4v) is 1.69. The van der Waals surface area contributed by atoms with Crippen molar-refractivity contribution in [2.24, 2.45) is 0 Å². The molecule has 0 heterocycles. The summed E-state index contributed by atoms with van der Waals surface area (Å²) in [6.45, 7) is 5.36. The number of carbonyl (C=O) groups is 1. The van der Waals surface area contributed by atoms with Crippen LogP contribution in [0.2, 0.25) is 0 Å². The van der Waals surface area contributed by atoms with Gasteiger partial charge >= 0.3 is 0 Å². The molecule has 0 spiro atoms. The van der Waals surface area contributed by atoms with Crippen molar-refractivity contribution in [2.45, 2.75) is 13.3 Å². The van der Waals surface area contributed by atoms with E-state index in [1.165, 1.54) is 6.07 Å². The smallest absolute Gasteiger partial charge is 0.170 e. The van der Waals surface area contributed by atoms with Gasteiger partial charge in [0, 0.05) is 10.9 Å². The topological polar surface area (TPSA) is 17.1 Å². The summed E-state index contributed by atoms with van der Waals surface area (Å²) in [6.07, 6.45) is 0.180. The van der Waals surface area contributed by atoms with E-state index >= 15 is 0 Å². The molecule has 1 aromatic rings. The van der Waals surface area contributed by atoms with Crippen molar-refractivity contribution < 1.29 is 9.18 Å². The molecule has 74 valence electrons. The van der Waals surface area contributed by atoms with E-state index in [9.17, 15) is 9.18 Å². The van der Waals surface area contributed by atoms with Crippen LogP contribution in [0.1, 0.15) is 23.7 Å². The second kappa shape index (κ2) is 4.51. The molecule has 1 aromatic carbocycles. The van der Waals surface area contributed by atoms with E-state index in [0.29, 0.717) is 4.47 Å². The zero-order chi connectivity index (χ0) is 10.7. The standard InChI is InChI=1S/C11H10BrFO/c1-7(2)6-10(14)11-8(12)4-3-5-9(11)13/h3-5H,1,6H2,2H3. The maximum Gasteiger partial charge on any atom is 0.170 e. The van der Waals surface area contributed by atoms with Crippen LogP contribution < -0.4 is 0 Å². The van der Waals surface area contributed by atoms with Crippen molar-refractivity contribution >= 4 is 21.7 Å². The number of hydrogen-bond donors (Lipinski definition) is 0. The van der Waals surface area contributed by atoms with Gasteiger partial charge in [0.05, 0.1) is 5.56 Å². The lowest BCUT2D eigenvalue weighted by molar-refractivity contribution is 0.0988. The molecule has 0 N–H and O–H groups in total. The van der Waals surface area contributed by atoms with E-state index in [2.05, 4.69) is 22.5 Å². The van der Waals surface area contributed by atoms with Crippen molar-refractivity contribution in [2.75, 3.05) is 0 Å². The van der Waals surface area contributed by atoms with Crippen molar-refractivity contribution in [3.8, 4) is 0 Å². The number of hydrogen-bond acceptors (Lipinski definition) is 1. The van der Waals surface area contributed by atoms with Gasteiger partial charge in [0.25, 0.3) is 0 Å². The van der Waals surface area contributed by atoms with Crippen LogP contribution in [0.4, 0.5) is 4.39 Å². The van der Waals surface area contributed by atoms with Gasteiger partial charge in [0.15, 0.2) is 5.78 Å². The third kappa shape index (κ3) is 2.51. The predicted octanol–water partition coefficient (Wildman–Crippen LogP) is 3.74. The molecule has 0 saturated heterocycles. The molecule has 0 unspecified atom stereocenters. The summed E-state index contributed by atoms with van der Waals surface area (Å²) in [5.74, 6) is -0.743. The third-order valence-corrected chi connectivity index (χ3v) is 2.36. The number of benzene rings is 1. The number of carbonyl (C=O) groups excluding carboxylic acids is 1. The summed E-state index contributed by atoms with van der Waals surface area (Å²) in [7, 11) is 0. The molecule has 14 heavy (non-hydrogen) atoms. The lowest BCUT2D eigenvalue weighted by Crippen LogP contribution is -2.03. The Labute approximate surface area is 90.8 Å². The Morgan fingerprint density at radius 2 is 2.21 bits per heavy atom. The maximum absolute atomic E-state index is 13.3. The second-order valence-corrected chi connectivity index (χ2v) is 4.01. The van der Waals surface area contributed by atoms with Crippen molar-refractivity contribution in [1.82, 2.24) is 0 Å². The minimum Gasteiger partial charge on any atom is -0.294 e. The Bertz CT molecular complexity index is 365. The highest BCUT2D eigenvalue weighted by molar-refractivity contribution is 9.10. The van der Waals surface area contributed by atoms with Crippen LogP contribution in [0.15, 0.2) is 34.8 Å². The lowest BCUT2D eigenvalue weighted by Gasteiger charge is -2.04. The summed E-state index contributed by atoms with van der Waals surface area (Å²) < 4.78 is 13.8. The summed E-state index contributed by atoms with van der Waals surface area (Å²) in [6, 6.07) is 4.47. The molecular formula is C11H10BrFO. The van der Waals surface area contributed by atoms with E-state index in [0.717, 1.165) is 5.57 Å². The van der Waals surface area contributed by atoms with Crippen LogP contribution in [-0.2, 0) is 0 Å². The Morgan fingerprint density at radius 3 is 2.71 bits per heavy atom. The highest BCUT2D eigenvalue weighted by Crippen LogP contribution is 2.22. The molecular weight excluding hydrogens is 247 g/mol. The van der Waals surface area contributed by atoms with Crippen LogP contribution in [0.25, 0.3) is 0 Å². The summed E-state index contributed by atoms with van der Waals surface area (Å²) >= 11 is 3.15. The summed E-state index contributed by atoms with van der Waals surface area (Å²) in [5, 5.41) is 0. The predicted molar refractivity (Wildman–Crippen MR) is 57.9 cm³/mol. The first-order chi connectivity index (χ1) is 6.52. The van der Waals surface area contributed by atoms with Crippen LogP contribution in [0.5, 0.6) is 0 Å². The number of allylic oxidation sites excluding steroid dienone is 1. The molecule has 0 fully saturated rings. The molecule has 0 aliphatic carbocycles. The fraction of sp³-hybridized carbons (Fsp3) is 0.182. The van der Waals surface area contributed by atoms with Gasteiger partial charge in [-0.25, -0.2) is 4.39 Å². The highest BCUT2D eigenvalue weighted by atomic mass is 79.9. The summed E-state index contributed by atoms with van der Waals surface area (Å²) in [5.41, 5.74) is 0.834. The fourth-order valence-electron chi connectivity index (χ4n) is 1.13. The molecule has 0 aromatic heterocycles. The van der Waals surface area contributed by atoms with Gasteiger partial charge in [-0.05, 0) is 35.0 Å². The minimum atomic E-state index is -0.495. The van der Waals surface area contributed by atoms with Gasteiger partial charge in [-0.2, -0.15) is 0 Å². The second-order valence-electron chi connectivity index (χ2n) is 3.15. The minimum absolute atomic E-state index is 0.107. The quantitative estimate of drug-likeness (QED) is 0.595. The van der Waals surface area contributed by atoms with Crippen molar-refractivity contribution in [3.63, 3.8) is 0 Å². The first-order valence-electron chi connectivity index (χ1n) is 4.14. The van der Waals surface area contributed by atoms with Crippen LogP contribution in [0, 0.1) is 5.82 Å². The Morgan fingerprint density at radius 1 is 1.57 bits per heavy atom. The Balaban J connectivity index is 3.06. The maximum atomic E-state index is 13.3. The molecule has 3 heteroatoms. The van der Waals surface area contributed by atoms with Crippen LogP contribution in [0.3, 0.4) is 0 Å². The first-order valence-corrected chi connectivity index (χ1v) is 4.93. The highest BCUT2D eigenvalue weighted by Gasteiger charge is 2.14. The molecule has 0 radical (unpaired) electrons. The monoisotopic (exact) mass is 256 g/mol. The van der Waals surface area contributed by atoms with E-state index in [1.807, 2.05) is 0 Å². The number of ketones is 1. The average molecular weight is 257 g/mol. The molecule has 1 nitrogen and oxygen atoms in total. The Kier molecular flexibility index (Phi) is 3.58. The molecule has 0 aliphatic heterocycles. The van der Waals surface area contributed by atoms with Crippen molar-refractivity contribution in [3.05, 3.63) is 46.2 Å². The third-order valence-electron chi connectivity index (χ3n) is 1.70. The lowest BCUT2D eigenvalue weighted by atomic mass is 10.0. The molecule has 0 saturated carbocycles. The Hall–Kier alpha value is -0.960. The molecule has 1 rings (SSSR count). The normalized spacial score (nSPS) is 9.93. The van der Waals surface area contributed by atoms with Crippen LogP contribution >= 0.6 is 15.9 Å². The largest absolute Gasteiger partial charge is 0.294 e. The van der Waals surface area contributed by atoms with Gasteiger partial charge in [-0.15, -0.1) is 0 Å². The van der Waals surface area contributed by atoms with E-state index in [-0.39, 0.29) is 17.8 Å². The number of halogens is 2. The molecule has 0 amide bonds. The van der Waals surface area contributed by atoms with Crippen LogP contribution in [-0.4, -0.2) is 5.78 Å². The van der Waals surface area contributed by atoms with Gasteiger partial charge in [-0.3, -0.25) is 4.79 Å². The molecule has 0 atom stereocenters. The van der Waals surface area contributed by atoms with Gasteiger partial charge < -0.3 is 0 Å². The van der Waals surface area contributed by atoms with Gasteiger partial charge in [0.2, 0.25) is 0 Å². The zero-order valence-corrected chi connectivity index (χ0v) is 9.40. The van der Waals surface area contributed by atoms with E-state index in [1.54, 1.807) is 19.1 Å². The first kappa shape index (κ1) is 11.1. The number of Topliss-reactive ketones (excluding diaryl/α,β-unsaturated/α-hetero) is 1. The molecule has 0 aliphatic rings. The average Bonchev–Trinajstić information content (AvgIpc) is 2.01.